The van der Waals surface area contributed by atoms with E-state index in [0.717, 1.165) is 22.5 Å². The highest BCUT2D eigenvalue weighted by atomic mass is 79.9. The van der Waals surface area contributed by atoms with Crippen molar-refractivity contribution < 1.29 is 19.5 Å². The third-order valence-electron chi connectivity index (χ3n) is 8.74. The molecule has 6 atom stereocenters. The van der Waals surface area contributed by atoms with Gasteiger partial charge in [0.05, 0.1) is 16.6 Å². The van der Waals surface area contributed by atoms with Gasteiger partial charge in [-0.25, -0.2) is 0 Å². The summed E-state index contributed by atoms with van der Waals surface area (Å²) < 4.78 is -0.781. The number of anilines is 2. The maximum Gasteiger partial charge on any atom is 0.251 e. The molecule has 222 valence electrons. The van der Waals surface area contributed by atoms with Crippen LogP contribution in [-0.2, 0) is 14.4 Å². The zero-order valence-corrected chi connectivity index (χ0v) is 26.5. The van der Waals surface area contributed by atoms with E-state index in [1.807, 2.05) is 62.4 Å². The summed E-state index contributed by atoms with van der Waals surface area (Å²) in [7, 11) is 0. The Hall–Kier alpha value is -2.88. The van der Waals surface area contributed by atoms with Crippen LogP contribution in [0.15, 0.2) is 73.8 Å². The molecule has 5 rings (SSSR count). The third kappa shape index (κ3) is 5.03. The Bertz CT molecular complexity index is 1390. The highest BCUT2D eigenvalue weighted by molar-refractivity contribution is 9.09. The van der Waals surface area contributed by atoms with Crippen molar-refractivity contribution >= 4 is 56.8 Å². The molecule has 3 aliphatic rings. The highest BCUT2D eigenvalue weighted by Crippen LogP contribution is 2.68. The van der Waals surface area contributed by atoms with E-state index in [1.54, 1.807) is 38.6 Å². The molecule has 3 saturated heterocycles. The van der Waals surface area contributed by atoms with Crippen LogP contribution in [0.3, 0.4) is 0 Å². The van der Waals surface area contributed by atoms with Crippen molar-refractivity contribution in [2.75, 3.05) is 36.0 Å². The predicted molar refractivity (Wildman–Crippen MR) is 173 cm³/mol. The molecule has 3 unspecified atom stereocenters. The van der Waals surface area contributed by atoms with E-state index in [0.29, 0.717) is 19.4 Å². The number of rotatable bonds is 11. The van der Waals surface area contributed by atoms with E-state index in [1.165, 1.54) is 0 Å². The van der Waals surface area contributed by atoms with E-state index < -0.39 is 22.6 Å². The lowest BCUT2D eigenvalue weighted by atomic mass is 9.70. The van der Waals surface area contributed by atoms with Crippen LogP contribution in [0.5, 0.6) is 0 Å². The summed E-state index contributed by atoms with van der Waals surface area (Å²) in [5, 5.41) is 9.56. The molecule has 0 radical (unpaired) electrons. The van der Waals surface area contributed by atoms with Gasteiger partial charge in [-0.1, -0.05) is 58.4 Å². The molecule has 7 nitrogen and oxygen atoms in total. The Balaban J connectivity index is 1.60. The van der Waals surface area contributed by atoms with Gasteiger partial charge in [0.15, 0.2) is 0 Å². The van der Waals surface area contributed by atoms with Gasteiger partial charge in [-0.15, -0.1) is 24.9 Å². The van der Waals surface area contributed by atoms with Gasteiger partial charge in [0.25, 0.3) is 5.91 Å². The predicted octanol–water partition coefficient (Wildman–Crippen LogP) is 4.89. The van der Waals surface area contributed by atoms with E-state index >= 15 is 0 Å². The fourth-order valence-corrected chi connectivity index (χ4v) is 10.6. The number of hydrogen-bond acceptors (Lipinski definition) is 5. The van der Waals surface area contributed by atoms with Gasteiger partial charge in [-0.3, -0.25) is 14.4 Å². The molecular weight excluding hydrogens is 614 g/mol. The molecule has 2 aromatic rings. The number of alkyl halides is 1. The van der Waals surface area contributed by atoms with Crippen molar-refractivity contribution in [2.45, 2.75) is 47.6 Å². The van der Waals surface area contributed by atoms with Crippen LogP contribution in [0.1, 0.15) is 24.0 Å². The van der Waals surface area contributed by atoms with Crippen LogP contribution in [0, 0.1) is 25.7 Å². The van der Waals surface area contributed by atoms with Gasteiger partial charge in [-0.05, 0) is 56.0 Å². The summed E-state index contributed by atoms with van der Waals surface area (Å²) in [4.78, 5) is 48.6. The van der Waals surface area contributed by atoms with Crippen molar-refractivity contribution in [3.63, 3.8) is 0 Å². The van der Waals surface area contributed by atoms with Gasteiger partial charge < -0.3 is 19.8 Å². The van der Waals surface area contributed by atoms with Crippen LogP contribution >= 0.6 is 27.7 Å². The standard InChI is InChI=1S/C33H38BrN3O4S/c1-5-15-35(23-11-8-7-9-12-23)30(39)26-27-31(40)37(17-10-18-38)29(33(27)20-24(34)28(26)42-33)32(41)36(16-6-2)25-19-21(3)13-14-22(25)4/h5-9,11-14,19,24,26-29,38H,1-2,10,15-18,20H2,3-4H3/t24?,26-,27+,28-,29?,33?/m1/s1. The van der Waals surface area contributed by atoms with Crippen molar-refractivity contribution in [3.8, 4) is 0 Å². The van der Waals surface area contributed by atoms with Crippen molar-refractivity contribution in [2.24, 2.45) is 11.8 Å². The summed E-state index contributed by atoms with van der Waals surface area (Å²) in [5.41, 5.74) is 3.52. The monoisotopic (exact) mass is 651 g/mol. The SMILES string of the molecule is C=CCN(C(=O)[C@H]1[C@@H]2SC3(CC2Br)C(C(=O)N(CC=C)c2cc(C)ccc2C)N(CCCO)C(=O)[C@H]13)c1ccccc1. The number of carbonyl (C=O) groups excluding carboxylic acids is 3. The van der Waals surface area contributed by atoms with E-state index in [-0.39, 0.29) is 47.5 Å². The van der Waals surface area contributed by atoms with Gasteiger partial charge in [0.1, 0.15) is 6.04 Å². The number of thioether (sulfide) groups is 1. The first-order valence-electron chi connectivity index (χ1n) is 14.4. The number of aryl methyl sites for hydroxylation is 2. The maximum atomic E-state index is 14.8. The Kier molecular flexibility index (Phi) is 9.02. The van der Waals surface area contributed by atoms with Crippen LogP contribution in [0.2, 0.25) is 0 Å². The largest absolute Gasteiger partial charge is 0.396 e. The molecule has 3 aliphatic heterocycles. The Labute approximate surface area is 260 Å². The molecule has 0 aromatic heterocycles. The summed E-state index contributed by atoms with van der Waals surface area (Å²) in [5.74, 6) is -1.74. The number of halogens is 1. The minimum Gasteiger partial charge on any atom is -0.396 e. The highest BCUT2D eigenvalue weighted by Gasteiger charge is 2.76. The molecule has 2 aromatic carbocycles. The smallest absolute Gasteiger partial charge is 0.251 e. The topological polar surface area (TPSA) is 81.2 Å². The van der Waals surface area contributed by atoms with Crippen LogP contribution < -0.4 is 9.80 Å². The number of hydrogen-bond donors (Lipinski definition) is 1. The lowest BCUT2D eigenvalue weighted by Gasteiger charge is -2.38. The number of aliphatic hydroxyl groups excluding tert-OH is 1. The molecular formula is C33H38BrN3O4S. The fraction of sp³-hybridized carbons (Fsp3) is 0.424. The zero-order chi connectivity index (χ0) is 30.2. The van der Waals surface area contributed by atoms with Crippen LogP contribution in [0.4, 0.5) is 11.4 Å². The number of carbonyl (C=O) groups is 3. The first-order chi connectivity index (χ1) is 20.2. The second-order valence-electron chi connectivity index (χ2n) is 11.4. The Morgan fingerprint density at radius 2 is 1.79 bits per heavy atom. The number of nitrogens with zero attached hydrogens (tertiary/aromatic N) is 3. The minimum absolute atomic E-state index is 0.0384. The molecule has 3 amide bonds. The number of fused-ring (bicyclic) bond motifs is 1. The van der Waals surface area contributed by atoms with Gasteiger partial charge in [0, 0.05) is 47.7 Å². The molecule has 1 spiro atoms. The molecule has 42 heavy (non-hydrogen) atoms. The summed E-state index contributed by atoms with van der Waals surface area (Å²) in [6.45, 7) is 12.5. The molecule has 0 saturated carbocycles. The van der Waals surface area contributed by atoms with Gasteiger partial charge in [-0.2, -0.15) is 0 Å². The Morgan fingerprint density at radius 1 is 1.10 bits per heavy atom. The quantitative estimate of drug-likeness (QED) is 0.277. The number of benzene rings is 2. The van der Waals surface area contributed by atoms with Crippen LogP contribution in [-0.4, -0.2) is 74.8 Å². The summed E-state index contributed by atoms with van der Waals surface area (Å²) >= 11 is 5.48. The lowest BCUT2D eigenvalue weighted by molar-refractivity contribution is -0.139. The van der Waals surface area contributed by atoms with Crippen molar-refractivity contribution in [1.29, 1.82) is 0 Å². The van der Waals surface area contributed by atoms with E-state index in [2.05, 4.69) is 29.1 Å². The maximum absolute atomic E-state index is 14.8. The Morgan fingerprint density at radius 3 is 2.45 bits per heavy atom. The normalized spacial score (nSPS) is 27.6. The fourth-order valence-electron chi connectivity index (χ4n) is 7.01. The lowest BCUT2D eigenvalue weighted by Crippen LogP contribution is -2.56. The average molecular weight is 653 g/mol. The third-order valence-corrected chi connectivity index (χ3v) is 12.0. The summed E-state index contributed by atoms with van der Waals surface area (Å²) in [6.07, 6.45) is 4.34. The number of amides is 3. The van der Waals surface area contributed by atoms with Crippen molar-refractivity contribution in [1.82, 2.24) is 4.90 Å². The van der Waals surface area contributed by atoms with E-state index in [4.69, 9.17) is 0 Å². The van der Waals surface area contributed by atoms with E-state index in [9.17, 15) is 19.5 Å². The zero-order valence-electron chi connectivity index (χ0n) is 24.1. The minimum atomic E-state index is -0.781. The van der Waals surface area contributed by atoms with Gasteiger partial charge in [0.2, 0.25) is 11.8 Å². The first-order valence-corrected chi connectivity index (χ1v) is 16.2. The number of aliphatic hydroxyl groups is 1. The molecule has 3 heterocycles. The number of para-hydroxylation sites is 1. The van der Waals surface area contributed by atoms with Crippen molar-refractivity contribution in [3.05, 3.63) is 85.0 Å². The first kappa shape index (κ1) is 30.6. The summed E-state index contributed by atoms with van der Waals surface area (Å²) in [6, 6.07) is 14.7. The molecule has 1 N–H and O–H groups in total. The molecule has 0 aliphatic carbocycles. The second-order valence-corrected chi connectivity index (χ2v) is 14.1. The van der Waals surface area contributed by atoms with Gasteiger partial charge >= 0.3 is 0 Å². The van der Waals surface area contributed by atoms with Crippen LogP contribution in [0.25, 0.3) is 0 Å². The molecule has 9 heteroatoms. The molecule has 3 fully saturated rings. The molecule has 2 bridgehead atoms. The second kappa shape index (κ2) is 12.4. The average Bonchev–Trinajstić information content (AvgIpc) is 3.57. The number of likely N-dealkylation sites (tertiary alicyclic amines) is 1.